The Kier molecular flexibility index (Phi) is 7.65. The maximum atomic E-state index is 12.4. The molecule has 2 aromatic rings. The molecule has 3 amide bonds. The monoisotopic (exact) mass is 478 g/mol. The van der Waals surface area contributed by atoms with Crippen LogP contribution in [-0.2, 0) is 16.0 Å². The predicted molar refractivity (Wildman–Crippen MR) is 136 cm³/mol. The SMILES string of the molecule is C=CCC1c2nc(-c3ccc(NC(=O)NCC)cc3)nc(N3CCOCC3C)c2CCN1C(C)=O. The second-order valence-corrected chi connectivity index (χ2v) is 8.92. The third-order valence-electron chi connectivity index (χ3n) is 6.48. The van der Waals surface area contributed by atoms with E-state index in [2.05, 4.69) is 29.0 Å². The average molecular weight is 479 g/mol. The molecule has 0 spiro atoms. The Balaban J connectivity index is 1.78. The van der Waals surface area contributed by atoms with Crippen LogP contribution in [0.15, 0.2) is 36.9 Å². The van der Waals surface area contributed by atoms with Crippen LogP contribution in [0.25, 0.3) is 11.4 Å². The zero-order valence-electron chi connectivity index (χ0n) is 20.7. The van der Waals surface area contributed by atoms with Gasteiger partial charge in [0.1, 0.15) is 5.82 Å². The van der Waals surface area contributed by atoms with E-state index in [1.807, 2.05) is 42.2 Å². The van der Waals surface area contributed by atoms with Gasteiger partial charge in [0, 0.05) is 43.4 Å². The number of ether oxygens (including phenoxy) is 1. The van der Waals surface area contributed by atoms with E-state index in [0.717, 1.165) is 29.2 Å². The molecule has 2 atom stereocenters. The Morgan fingerprint density at radius 3 is 2.66 bits per heavy atom. The largest absolute Gasteiger partial charge is 0.377 e. The number of aromatic nitrogens is 2. The number of anilines is 2. The van der Waals surface area contributed by atoms with Crippen molar-refractivity contribution >= 4 is 23.4 Å². The van der Waals surface area contributed by atoms with Crippen LogP contribution in [0, 0.1) is 0 Å². The number of amides is 3. The Morgan fingerprint density at radius 1 is 1.23 bits per heavy atom. The highest BCUT2D eigenvalue weighted by Gasteiger charge is 2.35. The van der Waals surface area contributed by atoms with Crippen LogP contribution in [-0.4, -0.2) is 65.7 Å². The average Bonchev–Trinajstić information content (AvgIpc) is 2.84. The summed E-state index contributed by atoms with van der Waals surface area (Å²) in [6, 6.07) is 7.26. The van der Waals surface area contributed by atoms with E-state index in [4.69, 9.17) is 14.7 Å². The van der Waals surface area contributed by atoms with E-state index in [1.165, 1.54) is 0 Å². The first-order valence-corrected chi connectivity index (χ1v) is 12.2. The first-order valence-electron chi connectivity index (χ1n) is 12.2. The zero-order valence-corrected chi connectivity index (χ0v) is 20.7. The van der Waals surface area contributed by atoms with Crippen molar-refractivity contribution in [1.82, 2.24) is 20.2 Å². The van der Waals surface area contributed by atoms with Crippen molar-refractivity contribution < 1.29 is 14.3 Å². The van der Waals surface area contributed by atoms with Crippen molar-refractivity contribution in [2.24, 2.45) is 0 Å². The number of nitrogens with one attached hydrogen (secondary N) is 2. The van der Waals surface area contributed by atoms with Gasteiger partial charge in [-0.05, 0) is 51.0 Å². The standard InChI is InChI=1S/C26H34N6O3/c1-5-7-22-23-21(12-13-32(22)18(4)33)25(31-14-15-35-16-17(31)3)30-24(29-23)19-8-10-20(11-9-19)28-26(34)27-6-2/h5,8-11,17,22H,1,6-7,12-16H2,2-4H3,(H2,27,28,34). The van der Waals surface area contributed by atoms with Gasteiger partial charge in [-0.1, -0.05) is 6.08 Å². The second kappa shape index (κ2) is 10.9. The lowest BCUT2D eigenvalue weighted by atomic mass is 9.94. The van der Waals surface area contributed by atoms with Crippen LogP contribution in [0.4, 0.5) is 16.3 Å². The number of morpholine rings is 1. The number of carbonyl (C=O) groups is 2. The van der Waals surface area contributed by atoms with Crippen LogP contribution < -0.4 is 15.5 Å². The molecule has 9 heteroatoms. The fourth-order valence-electron chi connectivity index (χ4n) is 4.76. The molecule has 0 aliphatic carbocycles. The maximum absolute atomic E-state index is 12.4. The Labute approximate surface area is 206 Å². The molecule has 4 rings (SSSR count). The van der Waals surface area contributed by atoms with Gasteiger partial charge in [-0.15, -0.1) is 6.58 Å². The summed E-state index contributed by atoms with van der Waals surface area (Å²) in [5.74, 6) is 1.55. The topological polar surface area (TPSA) is 99.7 Å². The smallest absolute Gasteiger partial charge is 0.319 e. The molecular formula is C26H34N6O3. The molecule has 9 nitrogen and oxygen atoms in total. The van der Waals surface area contributed by atoms with Crippen molar-refractivity contribution in [1.29, 1.82) is 0 Å². The highest BCUT2D eigenvalue weighted by Crippen LogP contribution is 2.38. The molecule has 35 heavy (non-hydrogen) atoms. The maximum Gasteiger partial charge on any atom is 0.319 e. The number of rotatable bonds is 6. The molecule has 1 fully saturated rings. The van der Waals surface area contributed by atoms with Crippen molar-refractivity contribution in [3.8, 4) is 11.4 Å². The number of nitrogens with zero attached hydrogens (tertiary/aromatic N) is 4. The lowest BCUT2D eigenvalue weighted by molar-refractivity contribution is -0.131. The molecule has 1 aromatic heterocycles. The lowest BCUT2D eigenvalue weighted by Gasteiger charge is -2.40. The molecular weight excluding hydrogens is 444 g/mol. The van der Waals surface area contributed by atoms with Crippen LogP contribution >= 0.6 is 0 Å². The van der Waals surface area contributed by atoms with E-state index in [1.54, 1.807) is 6.92 Å². The Bertz CT molecular complexity index is 1090. The summed E-state index contributed by atoms with van der Waals surface area (Å²) in [6.45, 7) is 12.8. The van der Waals surface area contributed by atoms with Gasteiger partial charge in [0.2, 0.25) is 5.91 Å². The van der Waals surface area contributed by atoms with E-state index in [0.29, 0.717) is 50.7 Å². The van der Waals surface area contributed by atoms with E-state index in [-0.39, 0.29) is 24.0 Å². The fraction of sp³-hybridized carbons (Fsp3) is 0.462. The van der Waals surface area contributed by atoms with Gasteiger partial charge in [0.15, 0.2) is 5.82 Å². The molecule has 2 N–H and O–H groups in total. The number of hydrogen-bond donors (Lipinski definition) is 2. The molecule has 1 saturated heterocycles. The van der Waals surface area contributed by atoms with E-state index < -0.39 is 0 Å². The minimum Gasteiger partial charge on any atom is -0.377 e. The van der Waals surface area contributed by atoms with Crippen molar-refractivity contribution in [2.75, 3.05) is 43.1 Å². The molecule has 2 aliphatic heterocycles. The minimum absolute atomic E-state index is 0.0322. The zero-order chi connectivity index (χ0) is 24.9. The van der Waals surface area contributed by atoms with Gasteiger partial charge >= 0.3 is 6.03 Å². The molecule has 2 aliphatic rings. The quantitative estimate of drug-likeness (QED) is 0.616. The van der Waals surface area contributed by atoms with Crippen molar-refractivity contribution in [3.63, 3.8) is 0 Å². The summed E-state index contributed by atoms with van der Waals surface area (Å²) in [6.07, 6.45) is 3.17. The predicted octanol–water partition coefficient (Wildman–Crippen LogP) is 3.53. The number of urea groups is 1. The summed E-state index contributed by atoms with van der Waals surface area (Å²) in [4.78, 5) is 38.5. The number of hydrogen-bond acceptors (Lipinski definition) is 6. The summed E-state index contributed by atoms with van der Waals surface area (Å²) in [5.41, 5.74) is 3.51. The first kappa shape index (κ1) is 24.7. The van der Waals surface area contributed by atoms with Gasteiger partial charge < -0.3 is 25.2 Å². The molecule has 186 valence electrons. The lowest BCUT2D eigenvalue weighted by Crippen LogP contribution is -2.46. The van der Waals surface area contributed by atoms with Gasteiger partial charge in [-0.3, -0.25) is 4.79 Å². The molecule has 2 unspecified atom stereocenters. The van der Waals surface area contributed by atoms with E-state index >= 15 is 0 Å². The fourth-order valence-corrected chi connectivity index (χ4v) is 4.76. The molecule has 1 aromatic carbocycles. The third-order valence-corrected chi connectivity index (χ3v) is 6.48. The van der Waals surface area contributed by atoms with Crippen molar-refractivity contribution in [2.45, 2.75) is 45.7 Å². The van der Waals surface area contributed by atoms with Gasteiger partial charge in [-0.2, -0.15) is 0 Å². The van der Waals surface area contributed by atoms with Gasteiger partial charge in [0.05, 0.1) is 31.0 Å². The normalized spacial score (nSPS) is 19.6. The summed E-state index contributed by atoms with van der Waals surface area (Å²) >= 11 is 0. The molecule has 0 saturated carbocycles. The summed E-state index contributed by atoms with van der Waals surface area (Å²) < 4.78 is 5.67. The molecule has 3 heterocycles. The Morgan fingerprint density at radius 2 is 2.00 bits per heavy atom. The minimum atomic E-state index is -0.245. The van der Waals surface area contributed by atoms with Gasteiger partial charge in [-0.25, -0.2) is 14.8 Å². The number of benzene rings is 1. The third kappa shape index (κ3) is 5.30. The summed E-state index contributed by atoms with van der Waals surface area (Å²) in [7, 11) is 0. The first-order chi connectivity index (χ1) is 16.9. The van der Waals surface area contributed by atoms with Crippen LogP contribution in [0.5, 0.6) is 0 Å². The number of carbonyl (C=O) groups excluding carboxylic acids is 2. The highest BCUT2D eigenvalue weighted by molar-refractivity contribution is 5.89. The molecule has 0 radical (unpaired) electrons. The Hall–Kier alpha value is -3.46. The number of fused-ring (bicyclic) bond motifs is 1. The van der Waals surface area contributed by atoms with Crippen molar-refractivity contribution in [3.05, 3.63) is 48.2 Å². The van der Waals surface area contributed by atoms with E-state index in [9.17, 15) is 9.59 Å². The van der Waals surface area contributed by atoms with Crippen LogP contribution in [0.3, 0.4) is 0 Å². The second-order valence-electron chi connectivity index (χ2n) is 8.92. The molecule has 0 bridgehead atoms. The summed E-state index contributed by atoms with van der Waals surface area (Å²) in [5, 5.41) is 5.54. The highest BCUT2D eigenvalue weighted by atomic mass is 16.5. The van der Waals surface area contributed by atoms with Crippen LogP contribution in [0.1, 0.15) is 44.5 Å². The van der Waals surface area contributed by atoms with Crippen LogP contribution in [0.2, 0.25) is 0 Å². The van der Waals surface area contributed by atoms with Gasteiger partial charge in [0.25, 0.3) is 0 Å².